The Kier molecular flexibility index (Phi) is 2.69. The standard InChI is InChI=1S/C16H13N5O/c1-10-19-20-16(22-10)12-5-6-21-14(9-18-15(21)8-12)11-3-2-4-13(17)7-11/h2-9H,17H2,1H3. The highest BCUT2D eigenvalue weighted by Crippen LogP contribution is 2.25. The number of aryl methyl sites for hydroxylation is 1. The number of rotatable bonds is 2. The summed E-state index contributed by atoms with van der Waals surface area (Å²) in [6.45, 7) is 1.77. The number of aromatic nitrogens is 4. The minimum absolute atomic E-state index is 0.494. The first kappa shape index (κ1) is 12.6. The lowest BCUT2D eigenvalue weighted by atomic mass is 10.1. The predicted octanol–water partition coefficient (Wildman–Crippen LogP) is 2.94. The number of hydrogen-bond acceptors (Lipinski definition) is 5. The number of pyridine rings is 1. The second-order valence-electron chi connectivity index (χ2n) is 5.04. The molecule has 0 saturated carbocycles. The number of nitrogen functional groups attached to an aromatic ring is 1. The number of nitrogens with two attached hydrogens (primary N) is 1. The van der Waals surface area contributed by atoms with Gasteiger partial charge in [-0.2, -0.15) is 0 Å². The number of benzene rings is 1. The van der Waals surface area contributed by atoms with Gasteiger partial charge >= 0.3 is 0 Å². The van der Waals surface area contributed by atoms with Gasteiger partial charge in [-0.15, -0.1) is 10.2 Å². The Morgan fingerprint density at radius 3 is 2.77 bits per heavy atom. The van der Waals surface area contributed by atoms with Crippen molar-refractivity contribution in [2.45, 2.75) is 6.92 Å². The minimum Gasteiger partial charge on any atom is -0.421 e. The highest BCUT2D eigenvalue weighted by molar-refractivity contribution is 5.69. The van der Waals surface area contributed by atoms with Crippen LogP contribution >= 0.6 is 0 Å². The zero-order chi connectivity index (χ0) is 15.1. The largest absolute Gasteiger partial charge is 0.421 e. The van der Waals surface area contributed by atoms with Crippen molar-refractivity contribution in [2.24, 2.45) is 0 Å². The third kappa shape index (κ3) is 2.01. The molecule has 4 aromatic rings. The van der Waals surface area contributed by atoms with Crippen molar-refractivity contribution in [3.8, 4) is 22.7 Å². The zero-order valence-corrected chi connectivity index (χ0v) is 11.9. The van der Waals surface area contributed by atoms with E-state index < -0.39 is 0 Å². The molecule has 0 atom stereocenters. The van der Waals surface area contributed by atoms with Crippen molar-refractivity contribution in [1.29, 1.82) is 0 Å². The molecule has 108 valence electrons. The summed E-state index contributed by atoms with van der Waals surface area (Å²) in [7, 11) is 0. The molecule has 0 spiro atoms. The molecule has 0 fully saturated rings. The van der Waals surface area contributed by atoms with E-state index >= 15 is 0 Å². The molecule has 3 aromatic heterocycles. The summed E-state index contributed by atoms with van der Waals surface area (Å²) in [4.78, 5) is 4.45. The first-order valence-electron chi connectivity index (χ1n) is 6.84. The van der Waals surface area contributed by atoms with Crippen LogP contribution in [0.4, 0.5) is 5.69 Å². The summed E-state index contributed by atoms with van der Waals surface area (Å²) in [5.41, 5.74) is 10.2. The van der Waals surface area contributed by atoms with Gasteiger partial charge in [0, 0.05) is 29.9 Å². The number of fused-ring (bicyclic) bond motifs is 1. The fourth-order valence-corrected chi connectivity index (χ4v) is 2.44. The van der Waals surface area contributed by atoms with Crippen molar-refractivity contribution in [1.82, 2.24) is 19.6 Å². The van der Waals surface area contributed by atoms with E-state index in [2.05, 4.69) is 15.2 Å². The summed E-state index contributed by atoms with van der Waals surface area (Å²) >= 11 is 0. The van der Waals surface area contributed by atoms with Gasteiger partial charge in [-0.1, -0.05) is 12.1 Å². The molecular weight excluding hydrogens is 278 g/mol. The van der Waals surface area contributed by atoms with Crippen LogP contribution in [0.25, 0.3) is 28.4 Å². The summed E-state index contributed by atoms with van der Waals surface area (Å²) in [5, 5.41) is 7.88. The molecule has 1 aromatic carbocycles. The Morgan fingerprint density at radius 2 is 2.00 bits per heavy atom. The highest BCUT2D eigenvalue weighted by Gasteiger charge is 2.10. The lowest BCUT2D eigenvalue weighted by Gasteiger charge is -2.03. The monoisotopic (exact) mass is 291 g/mol. The molecule has 0 amide bonds. The number of imidazole rings is 1. The SMILES string of the molecule is Cc1nnc(-c2ccn3c(-c4cccc(N)c4)cnc3c2)o1. The van der Waals surface area contributed by atoms with Gasteiger partial charge in [0.25, 0.3) is 0 Å². The van der Waals surface area contributed by atoms with Crippen LogP contribution < -0.4 is 5.73 Å². The second-order valence-corrected chi connectivity index (χ2v) is 5.04. The molecule has 0 bridgehead atoms. The molecule has 0 saturated heterocycles. The van der Waals surface area contributed by atoms with Crippen LogP contribution in [-0.2, 0) is 0 Å². The van der Waals surface area contributed by atoms with Gasteiger partial charge in [0.1, 0.15) is 5.65 Å². The molecule has 0 unspecified atom stereocenters. The molecule has 0 aliphatic heterocycles. The Hall–Kier alpha value is -3.15. The van der Waals surface area contributed by atoms with Crippen LogP contribution in [0, 0.1) is 6.92 Å². The predicted molar refractivity (Wildman–Crippen MR) is 83.1 cm³/mol. The lowest BCUT2D eigenvalue weighted by Crippen LogP contribution is -1.90. The highest BCUT2D eigenvalue weighted by atomic mass is 16.4. The Morgan fingerprint density at radius 1 is 1.09 bits per heavy atom. The third-order valence-corrected chi connectivity index (χ3v) is 3.47. The zero-order valence-electron chi connectivity index (χ0n) is 11.9. The van der Waals surface area contributed by atoms with E-state index in [-0.39, 0.29) is 0 Å². The van der Waals surface area contributed by atoms with Crippen molar-refractivity contribution in [2.75, 3.05) is 5.73 Å². The molecule has 2 N–H and O–H groups in total. The maximum atomic E-state index is 5.85. The average molecular weight is 291 g/mol. The van der Waals surface area contributed by atoms with E-state index in [1.54, 1.807) is 6.92 Å². The maximum absolute atomic E-state index is 5.85. The second kappa shape index (κ2) is 4.70. The van der Waals surface area contributed by atoms with E-state index in [1.165, 1.54) is 0 Å². The molecule has 6 heteroatoms. The molecule has 3 heterocycles. The van der Waals surface area contributed by atoms with Crippen LogP contribution in [0.15, 0.2) is 53.2 Å². The van der Waals surface area contributed by atoms with Crippen LogP contribution in [0.2, 0.25) is 0 Å². The number of nitrogens with zero attached hydrogens (tertiary/aromatic N) is 4. The smallest absolute Gasteiger partial charge is 0.247 e. The molecular formula is C16H13N5O. The number of anilines is 1. The van der Waals surface area contributed by atoms with Gasteiger partial charge in [0.05, 0.1) is 11.9 Å². The lowest BCUT2D eigenvalue weighted by molar-refractivity contribution is 0.532. The molecule has 0 aliphatic rings. The molecule has 6 nitrogen and oxygen atoms in total. The number of hydrogen-bond donors (Lipinski definition) is 1. The molecule has 0 aliphatic carbocycles. The van der Waals surface area contributed by atoms with E-state index in [0.29, 0.717) is 11.8 Å². The topological polar surface area (TPSA) is 82.2 Å². The van der Waals surface area contributed by atoms with Gasteiger partial charge in [0.2, 0.25) is 11.8 Å². The third-order valence-electron chi connectivity index (χ3n) is 3.47. The van der Waals surface area contributed by atoms with E-state index in [9.17, 15) is 0 Å². The van der Waals surface area contributed by atoms with E-state index in [4.69, 9.17) is 10.2 Å². The van der Waals surface area contributed by atoms with Gasteiger partial charge in [-0.3, -0.25) is 4.40 Å². The Labute approximate surface area is 126 Å². The van der Waals surface area contributed by atoms with Crippen LogP contribution in [0.5, 0.6) is 0 Å². The van der Waals surface area contributed by atoms with E-state index in [0.717, 1.165) is 28.2 Å². The van der Waals surface area contributed by atoms with Crippen molar-refractivity contribution >= 4 is 11.3 Å². The van der Waals surface area contributed by atoms with Crippen molar-refractivity contribution < 1.29 is 4.42 Å². The summed E-state index contributed by atoms with van der Waals surface area (Å²) < 4.78 is 7.45. The quantitative estimate of drug-likeness (QED) is 0.574. The van der Waals surface area contributed by atoms with Gasteiger partial charge < -0.3 is 10.2 Å². The molecule has 22 heavy (non-hydrogen) atoms. The molecule has 0 radical (unpaired) electrons. The summed E-state index contributed by atoms with van der Waals surface area (Å²) in [6.07, 6.45) is 3.77. The molecule has 4 rings (SSSR count). The first-order chi connectivity index (χ1) is 10.7. The Bertz CT molecular complexity index is 970. The summed E-state index contributed by atoms with van der Waals surface area (Å²) in [5.74, 6) is 1.03. The van der Waals surface area contributed by atoms with Crippen molar-refractivity contribution in [3.63, 3.8) is 0 Å². The Balaban J connectivity index is 1.84. The normalized spacial score (nSPS) is 11.1. The van der Waals surface area contributed by atoms with Crippen LogP contribution in [0.3, 0.4) is 0 Å². The van der Waals surface area contributed by atoms with Gasteiger partial charge in [-0.25, -0.2) is 4.98 Å². The first-order valence-corrected chi connectivity index (χ1v) is 6.84. The van der Waals surface area contributed by atoms with E-state index in [1.807, 2.05) is 53.2 Å². The van der Waals surface area contributed by atoms with Crippen LogP contribution in [-0.4, -0.2) is 19.6 Å². The fraction of sp³-hybridized carbons (Fsp3) is 0.0625. The van der Waals surface area contributed by atoms with Gasteiger partial charge in [-0.05, 0) is 24.3 Å². The fourth-order valence-electron chi connectivity index (χ4n) is 2.44. The van der Waals surface area contributed by atoms with Gasteiger partial charge in [0.15, 0.2) is 0 Å². The van der Waals surface area contributed by atoms with Crippen LogP contribution in [0.1, 0.15) is 5.89 Å². The maximum Gasteiger partial charge on any atom is 0.247 e. The van der Waals surface area contributed by atoms with Crippen molar-refractivity contribution in [3.05, 3.63) is 54.7 Å². The summed E-state index contributed by atoms with van der Waals surface area (Å²) in [6, 6.07) is 11.6. The average Bonchev–Trinajstić information content (AvgIpc) is 3.12. The minimum atomic E-state index is 0.494.